The van der Waals surface area contributed by atoms with E-state index in [1.54, 1.807) is 0 Å². The Bertz CT molecular complexity index is 496. The molecule has 1 amide bonds. The third kappa shape index (κ3) is 2.75. The van der Waals surface area contributed by atoms with E-state index in [0.717, 1.165) is 6.07 Å². The average molecular weight is 219 g/mol. The summed E-state index contributed by atoms with van der Waals surface area (Å²) in [5, 5.41) is 20.4. The number of carboxylic acid groups (broad SMARTS) is 1. The second-order valence-electron chi connectivity index (χ2n) is 2.87. The molecule has 0 spiro atoms. The third-order valence-electron chi connectivity index (χ3n) is 1.73. The Balaban J connectivity index is 2.94. The first-order chi connectivity index (χ1) is 7.54. The molecule has 0 aliphatic heterocycles. The molecule has 1 aromatic carbocycles. The lowest BCUT2D eigenvalue weighted by atomic mass is 10.2. The lowest BCUT2D eigenvalue weighted by molar-refractivity contribution is -0.111. The van der Waals surface area contributed by atoms with Gasteiger partial charge in [0.1, 0.15) is 5.75 Å². The van der Waals surface area contributed by atoms with Gasteiger partial charge in [-0.2, -0.15) is 0 Å². The van der Waals surface area contributed by atoms with Crippen LogP contribution in [0.2, 0.25) is 0 Å². The summed E-state index contributed by atoms with van der Waals surface area (Å²) in [6.45, 7) is 1.51. The van der Waals surface area contributed by atoms with Gasteiger partial charge in [0.05, 0.1) is 11.3 Å². The van der Waals surface area contributed by atoms with Gasteiger partial charge >= 0.3 is 5.97 Å². The second-order valence-corrected chi connectivity index (χ2v) is 2.87. The number of hydrogen-bond acceptors (Lipinski definition) is 3. The third-order valence-corrected chi connectivity index (χ3v) is 1.73. The van der Waals surface area contributed by atoms with Gasteiger partial charge in [0.15, 0.2) is 0 Å². The van der Waals surface area contributed by atoms with Crippen molar-refractivity contribution in [3.8, 4) is 17.6 Å². The van der Waals surface area contributed by atoms with E-state index in [-0.39, 0.29) is 17.0 Å². The molecule has 0 saturated heterocycles. The van der Waals surface area contributed by atoms with Crippen molar-refractivity contribution in [2.45, 2.75) is 6.92 Å². The minimum absolute atomic E-state index is 0.0583. The van der Waals surface area contributed by atoms with Crippen molar-refractivity contribution in [1.82, 2.24) is 0 Å². The predicted molar refractivity (Wildman–Crippen MR) is 57.1 cm³/mol. The molecule has 1 rings (SSSR count). The molecular weight excluding hydrogens is 210 g/mol. The van der Waals surface area contributed by atoms with Crippen LogP contribution >= 0.6 is 0 Å². The van der Waals surface area contributed by atoms with Gasteiger partial charge in [0.2, 0.25) is 0 Å². The van der Waals surface area contributed by atoms with E-state index in [9.17, 15) is 14.7 Å². The molecule has 0 aliphatic rings. The summed E-state index contributed by atoms with van der Waals surface area (Å²) in [7, 11) is 0. The number of anilines is 1. The van der Waals surface area contributed by atoms with E-state index in [0.29, 0.717) is 0 Å². The number of aromatic carboxylic acids is 1. The van der Waals surface area contributed by atoms with Gasteiger partial charge in [-0.25, -0.2) is 4.79 Å². The first-order valence-corrected chi connectivity index (χ1v) is 4.34. The quantitative estimate of drug-likeness (QED) is 0.512. The first kappa shape index (κ1) is 11.6. The molecule has 82 valence electrons. The van der Waals surface area contributed by atoms with E-state index in [4.69, 9.17) is 5.11 Å². The zero-order valence-corrected chi connectivity index (χ0v) is 8.44. The number of carbonyl (C=O) groups is 2. The standard InChI is InChI=1S/C11H9NO4/c1-2-3-10(14)12-8-5-4-7(11(15)16)6-9(8)13/h4-6,13H,1H3,(H,12,14)(H,15,16). The number of phenols is 1. The monoisotopic (exact) mass is 219 g/mol. The Morgan fingerprint density at radius 1 is 1.38 bits per heavy atom. The molecule has 0 unspecified atom stereocenters. The zero-order valence-electron chi connectivity index (χ0n) is 8.44. The van der Waals surface area contributed by atoms with Crippen LogP contribution in [0, 0.1) is 11.8 Å². The number of carbonyl (C=O) groups excluding carboxylic acids is 1. The zero-order chi connectivity index (χ0) is 12.1. The summed E-state index contributed by atoms with van der Waals surface area (Å²) in [5.41, 5.74) is 0.0647. The number of amides is 1. The van der Waals surface area contributed by atoms with Crippen molar-refractivity contribution in [1.29, 1.82) is 0 Å². The fourth-order valence-corrected chi connectivity index (χ4v) is 1.04. The fraction of sp³-hybridized carbons (Fsp3) is 0.0909. The van der Waals surface area contributed by atoms with E-state index in [2.05, 4.69) is 17.2 Å². The summed E-state index contributed by atoms with van der Waals surface area (Å²) in [6.07, 6.45) is 0. The topological polar surface area (TPSA) is 86.6 Å². The van der Waals surface area contributed by atoms with Crippen LogP contribution < -0.4 is 5.32 Å². The van der Waals surface area contributed by atoms with Gasteiger partial charge in [-0.15, -0.1) is 0 Å². The van der Waals surface area contributed by atoms with E-state index >= 15 is 0 Å². The molecule has 5 nitrogen and oxygen atoms in total. The van der Waals surface area contributed by atoms with Crippen LogP contribution in [0.1, 0.15) is 17.3 Å². The number of carboxylic acids is 1. The lowest BCUT2D eigenvalue weighted by Gasteiger charge is -2.04. The van der Waals surface area contributed by atoms with Gasteiger partial charge in [0.25, 0.3) is 5.91 Å². The smallest absolute Gasteiger partial charge is 0.335 e. The molecular formula is C11H9NO4. The van der Waals surface area contributed by atoms with Crippen molar-refractivity contribution in [2.24, 2.45) is 0 Å². The van der Waals surface area contributed by atoms with Gasteiger partial charge in [0, 0.05) is 0 Å². The van der Waals surface area contributed by atoms with Crippen LogP contribution in [-0.4, -0.2) is 22.1 Å². The summed E-state index contributed by atoms with van der Waals surface area (Å²) in [4.78, 5) is 21.6. The molecule has 0 radical (unpaired) electrons. The average Bonchev–Trinajstić information content (AvgIpc) is 2.21. The molecule has 3 N–H and O–H groups in total. The summed E-state index contributed by atoms with van der Waals surface area (Å²) < 4.78 is 0. The minimum atomic E-state index is -1.15. The minimum Gasteiger partial charge on any atom is -0.506 e. The lowest BCUT2D eigenvalue weighted by Crippen LogP contribution is -2.08. The number of rotatable bonds is 2. The Kier molecular flexibility index (Phi) is 3.51. The summed E-state index contributed by atoms with van der Waals surface area (Å²) >= 11 is 0. The maximum Gasteiger partial charge on any atom is 0.335 e. The van der Waals surface area contributed by atoms with E-state index < -0.39 is 11.9 Å². The van der Waals surface area contributed by atoms with Crippen molar-refractivity contribution >= 4 is 17.6 Å². The number of phenolic OH excluding ortho intramolecular Hbond substituents is 1. The predicted octanol–water partition coefficient (Wildman–Crippen LogP) is 1.05. The van der Waals surface area contributed by atoms with Crippen molar-refractivity contribution in [2.75, 3.05) is 5.32 Å². The number of hydrogen-bond donors (Lipinski definition) is 3. The SMILES string of the molecule is CC#CC(=O)Nc1ccc(C(=O)O)cc1O. The second kappa shape index (κ2) is 4.84. The molecule has 0 aromatic heterocycles. The highest BCUT2D eigenvalue weighted by atomic mass is 16.4. The molecule has 0 saturated carbocycles. The van der Waals surface area contributed by atoms with Crippen LogP contribution in [0.15, 0.2) is 18.2 Å². The van der Waals surface area contributed by atoms with Gasteiger partial charge in [-0.05, 0) is 31.0 Å². The highest BCUT2D eigenvalue weighted by Crippen LogP contribution is 2.23. The largest absolute Gasteiger partial charge is 0.506 e. The highest BCUT2D eigenvalue weighted by Gasteiger charge is 2.08. The van der Waals surface area contributed by atoms with Crippen LogP contribution in [0.3, 0.4) is 0 Å². The first-order valence-electron chi connectivity index (χ1n) is 4.34. The Hall–Kier alpha value is -2.48. The van der Waals surface area contributed by atoms with E-state index in [1.165, 1.54) is 19.1 Å². The maximum absolute atomic E-state index is 11.1. The van der Waals surface area contributed by atoms with Crippen LogP contribution in [0.25, 0.3) is 0 Å². The Morgan fingerprint density at radius 2 is 2.06 bits per heavy atom. The van der Waals surface area contributed by atoms with Crippen LogP contribution in [0.5, 0.6) is 5.75 Å². The molecule has 1 aromatic rings. The van der Waals surface area contributed by atoms with Gasteiger partial charge in [-0.1, -0.05) is 5.92 Å². The summed E-state index contributed by atoms with van der Waals surface area (Å²) in [5.74, 6) is 2.60. The van der Waals surface area contributed by atoms with Crippen LogP contribution in [-0.2, 0) is 4.79 Å². The molecule has 0 atom stereocenters. The Labute approximate surface area is 91.7 Å². The Morgan fingerprint density at radius 3 is 2.56 bits per heavy atom. The fourth-order valence-electron chi connectivity index (χ4n) is 1.04. The molecule has 0 bridgehead atoms. The van der Waals surface area contributed by atoms with Crippen LogP contribution in [0.4, 0.5) is 5.69 Å². The molecule has 0 heterocycles. The maximum atomic E-state index is 11.1. The molecule has 0 fully saturated rings. The molecule has 16 heavy (non-hydrogen) atoms. The highest BCUT2D eigenvalue weighted by molar-refractivity contribution is 6.05. The van der Waals surface area contributed by atoms with E-state index in [1.807, 2.05) is 0 Å². The molecule has 5 heteroatoms. The van der Waals surface area contributed by atoms with Crippen molar-refractivity contribution in [3.05, 3.63) is 23.8 Å². The van der Waals surface area contributed by atoms with Crippen molar-refractivity contribution in [3.63, 3.8) is 0 Å². The number of aromatic hydroxyl groups is 1. The van der Waals surface area contributed by atoms with Gasteiger partial charge < -0.3 is 15.5 Å². The van der Waals surface area contributed by atoms with Gasteiger partial charge in [-0.3, -0.25) is 4.79 Å². The number of benzene rings is 1. The summed E-state index contributed by atoms with van der Waals surface area (Å²) in [6, 6.07) is 3.63. The normalized spacial score (nSPS) is 8.81. The molecule has 0 aliphatic carbocycles. The number of nitrogens with one attached hydrogen (secondary N) is 1. The van der Waals surface area contributed by atoms with Crippen molar-refractivity contribution < 1.29 is 19.8 Å².